The normalized spacial score (nSPS) is 24.3. The fourth-order valence-electron chi connectivity index (χ4n) is 3.09. The minimum absolute atomic E-state index is 0.347. The van der Waals surface area contributed by atoms with E-state index in [-0.39, 0.29) is 6.61 Å². The Balaban J connectivity index is 3.27. The number of rotatable bonds is 11. The van der Waals surface area contributed by atoms with Crippen LogP contribution < -0.4 is 0 Å². The molecule has 14 nitrogen and oxygen atoms in total. The molecule has 6 atom stereocenters. The molecular formula is C21H30O14. The van der Waals surface area contributed by atoms with E-state index in [9.17, 15) is 28.8 Å². The summed E-state index contributed by atoms with van der Waals surface area (Å²) in [5.74, 6) is -4.37. The molecule has 0 radical (unpaired) electrons. The van der Waals surface area contributed by atoms with Crippen molar-refractivity contribution in [2.45, 2.75) is 78.4 Å². The van der Waals surface area contributed by atoms with E-state index in [4.69, 9.17) is 37.9 Å². The van der Waals surface area contributed by atoms with Crippen LogP contribution in [0.2, 0.25) is 0 Å². The quantitative estimate of drug-likeness (QED) is 0.261. The molecule has 0 unspecified atom stereocenters. The molecule has 35 heavy (non-hydrogen) atoms. The second-order valence-corrected chi connectivity index (χ2v) is 7.44. The Labute approximate surface area is 201 Å². The van der Waals surface area contributed by atoms with Crippen LogP contribution in [0.15, 0.2) is 0 Å². The molecule has 1 rings (SSSR count). The Morgan fingerprint density at radius 2 is 1.14 bits per heavy atom. The van der Waals surface area contributed by atoms with E-state index in [1.807, 2.05) is 0 Å². The van der Waals surface area contributed by atoms with E-state index in [2.05, 4.69) is 0 Å². The molecule has 0 saturated carbocycles. The summed E-state index contributed by atoms with van der Waals surface area (Å²) < 4.78 is 42.1. The van der Waals surface area contributed by atoms with Crippen LogP contribution in [-0.4, -0.2) is 92.4 Å². The van der Waals surface area contributed by atoms with Gasteiger partial charge >= 0.3 is 35.8 Å². The van der Waals surface area contributed by atoms with Gasteiger partial charge in [-0.3, -0.25) is 28.8 Å². The topological polar surface area (TPSA) is 176 Å². The Kier molecular flexibility index (Phi) is 12.1. The van der Waals surface area contributed by atoms with Gasteiger partial charge < -0.3 is 37.9 Å². The van der Waals surface area contributed by atoms with Crippen molar-refractivity contribution in [3.8, 4) is 0 Å². The van der Waals surface area contributed by atoms with E-state index >= 15 is 0 Å². The largest absolute Gasteiger partial charge is 0.463 e. The number of ether oxygens (including phenoxy) is 8. The fourth-order valence-corrected chi connectivity index (χ4v) is 3.09. The van der Waals surface area contributed by atoms with Crippen molar-refractivity contribution in [2.75, 3.05) is 19.8 Å². The number of carbonyl (C=O) groups is 6. The smallest absolute Gasteiger partial charge is 0.303 e. The lowest BCUT2D eigenvalue weighted by Gasteiger charge is -2.44. The first-order valence-corrected chi connectivity index (χ1v) is 10.5. The third-order valence-electron chi connectivity index (χ3n) is 4.20. The van der Waals surface area contributed by atoms with Gasteiger partial charge in [-0.15, -0.1) is 0 Å². The minimum atomic E-state index is -1.47. The summed E-state index contributed by atoms with van der Waals surface area (Å²) in [6.07, 6.45) is -7.94. The Morgan fingerprint density at radius 1 is 0.629 bits per heavy atom. The summed E-state index contributed by atoms with van der Waals surface area (Å²) in [4.78, 5) is 69.2. The van der Waals surface area contributed by atoms with E-state index in [0.717, 1.165) is 41.5 Å². The van der Waals surface area contributed by atoms with Crippen LogP contribution in [0.5, 0.6) is 0 Å². The zero-order valence-corrected chi connectivity index (χ0v) is 20.3. The maximum atomic E-state index is 11.8. The zero-order chi connectivity index (χ0) is 26.7. The molecule has 0 aromatic carbocycles. The van der Waals surface area contributed by atoms with E-state index in [0.29, 0.717) is 0 Å². The summed E-state index contributed by atoms with van der Waals surface area (Å²) in [5, 5.41) is 0. The first kappa shape index (κ1) is 29.8. The van der Waals surface area contributed by atoms with Gasteiger partial charge in [-0.25, -0.2) is 0 Å². The molecule has 0 aliphatic carbocycles. The molecule has 0 spiro atoms. The molecule has 0 amide bonds. The summed E-state index contributed by atoms with van der Waals surface area (Å²) >= 11 is 0. The first-order valence-electron chi connectivity index (χ1n) is 10.5. The van der Waals surface area contributed by atoms with Crippen LogP contribution >= 0.6 is 0 Å². The molecule has 1 heterocycles. The molecule has 1 saturated heterocycles. The molecule has 14 heteroatoms. The summed E-state index contributed by atoms with van der Waals surface area (Å²) in [7, 11) is 0. The van der Waals surface area contributed by atoms with Gasteiger partial charge in [-0.1, -0.05) is 0 Å². The van der Waals surface area contributed by atoms with Crippen LogP contribution in [-0.2, 0) is 66.7 Å². The van der Waals surface area contributed by atoms with Crippen LogP contribution in [0.3, 0.4) is 0 Å². The van der Waals surface area contributed by atoms with Gasteiger partial charge in [-0.05, 0) is 0 Å². The Bertz CT molecular complexity index is 793. The lowest BCUT2D eigenvalue weighted by Crippen LogP contribution is -2.63. The first-order chi connectivity index (χ1) is 16.3. The van der Waals surface area contributed by atoms with E-state index in [1.165, 1.54) is 0 Å². The van der Waals surface area contributed by atoms with Gasteiger partial charge in [0.1, 0.15) is 19.3 Å². The third-order valence-corrected chi connectivity index (χ3v) is 4.20. The van der Waals surface area contributed by atoms with Crippen molar-refractivity contribution >= 4 is 35.8 Å². The second kappa shape index (κ2) is 14.2. The molecule has 0 bridgehead atoms. The summed E-state index contributed by atoms with van der Waals surface area (Å²) in [5.41, 5.74) is 0. The Hall–Kier alpha value is -3.26. The van der Waals surface area contributed by atoms with Gasteiger partial charge in [0.05, 0.1) is 6.61 Å². The van der Waals surface area contributed by atoms with Gasteiger partial charge in [-0.2, -0.15) is 0 Å². The lowest BCUT2D eigenvalue weighted by molar-refractivity contribution is -0.311. The number of hydrogen-bond acceptors (Lipinski definition) is 14. The van der Waals surface area contributed by atoms with E-state index in [1.54, 1.807) is 0 Å². The minimum Gasteiger partial charge on any atom is -0.463 e. The highest BCUT2D eigenvalue weighted by molar-refractivity contribution is 5.69. The maximum absolute atomic E-state index is 11.8. The highest BCUT2D eigenvalue weighted by Gasteiger charge is 2.53. The second-order valence-electron chi connectivity index (χ2n) is 7.44. The van der Waals surface area contributed by atoms with Crippen LogP contribution in [0.4, 0.5) is 0 Å². The van der Waals surface area contributed by atoms with Gasteiger partial charge in [0.25, 0.3) is 0 Å². The zero-order valence-electron chi connectivity index (χ0n) is 20.3. The van der Waals surface area contributed by atoms with Gasteiger partial charge in [0.2, 0.25) is 0 Å². The summed E-state index contributed by atoms with van der Waals surface area (Å²) in [6.45, 7) is 5.50. The van der Waals surface area contributed by atoms with Crippen molar-refractivity contribution in [2.24, 2.45) is 0 Å². The maximum Gasteiger partial charge on any atom is 0.303 e. The molecule has 0 aromatic heterocycles. The van der Waals surface area contributed by atoms with Crippen LogP contribution in [0, 0.1) is 0 Å². The number of esters is 6. The molecule has 1 fully saturated rings. The molecule has 198 valence electrons. The molecule has 0 aromatic rings. The monoisotopic (exact) mass is 506 g/mol. The molecular weight excluding hydrogens is 476 g/mol. The van der Waals surface area contributed by atoms with Crippen LogP contribution in [0.1, 0.15) is 41.5 Å². The van der Waals surface area contributed by atoms with Crippen LogP contribution in [0.25, 0.3) is 0 Å². The number of hydrogen-bond donors (Lipinski definition) is 0. The fraction of sp³-hybridized carbons (Fsp3) is 0.714. The number of carbonyl (C=O) groups excluding carboxylic acids is 6. The van der Waals surface area contributed by atoms with Gasteiger partial charge in [0, 0.05) is 41.5 Å². The van der Waals surface area contributed by atoms with Crippen molar-refractivity contribution in [3.05, 3.63) is 0 Å². The standard InChI is InChI=1S/C21H30O14/c1-10(22)28-7-16(31-12(3)24)8-30-21-20(34-15(6)27)19(33-14(5)26)18(32-13(4)25)17(35-21)9-29-11(2)23/h16-21H,7-9H2,1-6H3/t16-,17-,18-,19-,20-,21+/m1/s1. The van der Waals surface area contributed by atoms with Crippen molar-refractivity contribution in [3.63, 3.8) is 0 Å². The molecule has 1 aliphatic heterocycles. The summed E-state index contributed by atoms with van der Waals surface area (Å²) in [6, 6.07) is 0. The highest BCUT2D eigenvalue weighted by Crippen LogP contribution is 2.30. The van der Waals surface area contributed by atoms with Crippen molar-refractivity contribution in [1.82, 2.24) is 0 Å². The van der Waals surface area contributed by atoms with E-state index < -0.39 is 85.8 Å². The van der Waals surface area contributed by atoms with Crippen molar-refractivity contribution in [1.29, 1.82) is 0 Å². The predicted molar refractivity (Wildman–Crippen MR) is 110 cm³/mol. The third kappa shape index (κ3) is 11.1. The Morgan fingerprint density at radius 3 is 1.63 bits per heavy atom. The average molecular weight is 506 g/mol. The highest BCUT2D eigenvalue weighted by atomic mass is 16.7. The van der Waals surface area contributed by atoms with Crippen molar-refractivity contribution < 1.29 is 66.7 Å². The molecule has 1 aliphatic rings. The molecule has 0 N–H and O–H groups in total. The SMILES string of the molecule is CC(=O)OC[C@H](CO[C@H]1O[C@H](COC(C)=O)[C@@H](OC(C)=O)[C@@H](OC(C)=O)[C@H]1OC(C)=O)OC(C)=O. The van der Waals surface area contributed by atoms with Gasteiger partial charge in [0.15, 0.2) is 30.7 Å². The lowest BCUT2D eigenvalue weighted by atomic mass is 9.98. The predicted octanol–water partition coefficient (Wildman–Crippen LogP) is -0.419. The average Bonchev–Trinajstić information content (AvgIpc) is 2.70.